The van der Waals surface area contributed by atoms with E-state index in [1.165, 1.54) is 12.1 Å². The third-order valence-electron chi connectivity index (χ3n) is 1.78. The Morgan fingerprint density at radius 1 is 1.47 bits per heavy atom. The number of benzene rings is 1. The first-order valence-corrected chi connectivity index (χ1v) is 6.06. The summed E-state index contributed by atoms with van der Waals surface area (Å²) < 4.78 is 27.3. The highest BCUT2D eigenvalue weighted by molar-refractivity contribution is 7.89. The predicted octanol–water partition coefficient (Wildman–Crippen LogP) is 1.79. The molecule has 0 radical (unpaired) electrons. The predicted molar refractivity (Wildman–Crippen MR) is 57.8 cm³/mol. The molecule has 0 aliphatic rings. The van der Waals surface area contributed by atoms with Crippen molar-refractivity contribution in [1.82, 2.24) is 4.98 Å². The summed E-state index contributed by atoms with van der Waals surface area (Å²) in [5.41, 5.74) is 0.825. The highest BCUT2D eigenvalue weighted by Crippen LogP contribution is 2.26. The normalized spacial score (nSPS) is 12.1. The quantitative estimate of drug-likeness (QED) is 0.769. The van der Waals surface area contributed by atoms with Gasteiger partial charge in [-0.2, -0.15) is 0 Å². The molecule has 0 aliphatic carbocycles. The second kappa shape index (κ2) is 3.31. The zero-order chi connectivity index (χ0) is 11.2. The van der Waals surface area contributed by atoms with Crippen molar-refractivity contribution >= 4 is 44.9 Å². The van der Waals surface area contributed by atoms with Crippen LogP contribution >= 0.6 is 23.8 Å². The Morgan fingerprint density at radius 2 is 2.13 bits per heavy atom. The first-order chi connectivity index (χ1) is 6.88. The molecule has 0 bridgehead atoms. The van der Waals surface area contributed by atoms with E-state index in [4.69, 9.17) is 33.4 Å². The Bertz CT molecular complexity index is 686. The van der Waals surface area contributed by atoms with E-state index >= 15 is 0 Å². The number of sulfonamides is 1. The van der Waals surface area contributed by atoms with Crippen LogP contribution in [0.2, 0.25) is 5.02 Å². The number of fused-ring (bicyclic) bond motifs is 1. The van der Waals surface area contributed by atoms with Gasteiger partial charge in [0.15, 0.2) is 5.58 Å². The number of aromatic amines is 1. The van der Waals surface area contributed by atoms with Crippen LogP contribution in [-0.4, -0.2) is 13.4 Å². The van der Waals surface area contributed by atoms with Gasteiger partial charge in [-0.3, -0.25) is 0 Å². The number of halogens is 1. The molecule has 0 aliphatic heterocycles. The second-order valence-electron chi connectivity index (χ2n) is 2.84. The molecule has 0 unspecified atom stereocenters. The van der Waals surface area contributed by atoms with Crippen LogP contribution in [0.4, 0.5) is 0 Å². The molecule has 2 aromatic rings. The third-order valence-corrected chi connectivity index (χ3v) is 3.34. The van der Waals surface area contributed by atoms with Crippen LogP contribution in [0, 0.1) is 4.84 Å². The topological polar surface area (TPSA) is 89.1 Å². The Hall–Kier alpha value is -0.890. The van der Waals surface area contributed by atoms with Gasteiger partial charge in [0, 0.05) is 6.07 Å². The van der Waals surface area contributed by atoms with Crippen molar-refractivity contribution in [3.63, 3.8) is 0 Å². The summed E-state index contributed by atoms with van der Waals surface area (Å²) in [4.78, 5) is 2.67. The zero-order valence-electron chi connectivity index (χ0n) is 7.15. The number of nitrogens with two attached hydrogens (primary N) is 1. The van der Waals surface area contributed by atoms with E-state index in [-0.39, 0.29) is 14.8 Å². The molecule has 0 saturated heterocycles. The van der Waals surface area contributed by atoms with Crippen molar-refractivity contribution in [3.8, 4) is 0 Å². The van der Waals surface area contributed by atoms with Crippen molar-refractivity contribution in [2.45, 2.75) is 4.90 Å². The number of H-pyrrole nitrogens is 1. The van der Waals surface area contributed by atoms with Gasteiger partial charge >= 0.3 is 0 Å². The fourth-order valence-corrected chi connectivity index (χ4v) is 2.46. The van der Waals surface area contributed by atoms with Crippen LogP contribution < -0.4 is 5.14 Å². The Kier molecular flexibility index (Phi) is 2.34. The molecule has 1 heterocycles. The smallest absolute Gasteiger partial charge is 0.266 e. The minimum Gasteiger partial charge on any atom is -0.429 e. The van der Waals surface area contributed by atoms with Crippen LogP contribution in [0.1, 0.15) is 0 Å². The Morgan fingerprint density at radius 3 is 2.73 bits per heavy atom. The molecule has 8 heteroatoms. The van der Waals surface area contributed by atoms with Gasteiger partial charge in [0.05, 0.1) is 10.5 Å². The van der Waals surface area contributed by atoms with Crippen molar-refractivity contribution < 1.29 is 12.8 Å². The van der Waals surface area contributed by atoms with Crippen molar-refractivity contribution in [3.05, 3.63) is 22.0 Å². The molecular weight excluding hydrogens is 260 g/mol. The van der Waals surface area contributed by atoms with Crippen LogP contribution in [0.15, 0.2) is 21.4 Å². The maximum absolute atomic E-state index is 11.1. The van der Waals surface area contributed by atoms with E-state index in [1.54, 1.807) is 0 Å². The fourth-order valence-electron chi connectivity index (χ4n) is 1.17. The number of rotatable bonds is 1. The monoisotopic (exact) mass is 264 g/mol. The van der Waals surface area contributed by atoms with E-state index in [2.05, 4.69) is 4.98 Å². The summed E-state index contributed by atoms with van der Waals surface area (Å²) in [6.45, 7) is 0. The molecule has 3 N–H and O–H groups in total. The van der Waals surface area contributed by atoms with Gasteiger partial charge in [-0.25, -0.2) is 13.6 Å². The molecule has 0 atom stereocenters. The van der Waals surface area contributed by atoms with E-state index < -0.39 is 10.0 Å². The van der Waals surface area contributed by atoms with Gasteiger partial charge in [0.1, 0.15) is 4.90 Å². The number of primary sulfonamides is 1. The highest BCUT2D eigenvalue weighted by atomic mass is 35.5. The van der Waals surface area contributed by atoms with Crippen LogP contribution in [0.25, 0.3) is 11.1 Å². The highest BCUT2D eigenvalue weighted by Gasteiger charge is 2.15. The van der Waals surface area contributed by atoms with Crippen LogP contribution in [0.3, 0.4) is 0 Å². The minimum absolute atomic E-state index is 0.0250. The van der Waals surface area contributed by atoms with Crippen molar-refractivity contribution in [2.75, 3.05) is 0 Å². The standard InChI is InChI=1S/C7H5ClN2O3S2/c8-3-1-4-5(13-7(14)10-4)2-6(3)15(9,11)12/h1-2H,(H,10,14)(H2,9,11,12). The Balaban J connectivity index is 2.89. The molecule has 0 spiro atoms. The minimum atomic E-state index is -3.86. The lowest BCUT2D eigenvalue weighted by Gasteiger charge is -1.99. The average molecular weight is 265 g/mol. The van der Waals surface area contributed by atoms with Crippen LogP contribution in [0.5, 0.6) is 0 Å². The molecule has 1 aromatic heterocycles. The zero-order valence-corrected chi connectivity index (χ0v) is 9.54. The number of hydrogen-bond acceptors (Lipinski definition) is 4. The van der Waals surface area contributed by atoms with Gasteiger partial charge in [-0.15, -0.1) is 0 Å². The Labute approximate surface area is 94.9 Å². The number of nitrogens with one attached hydrogen (secondary N) is 1. The average Bonchev–Trinajstić information content (AvgIpc) is 2.40. The molecule has 15 heavy (non-hydrogen) atoms. The molecule has 0 amide bonds. The number of aromatic nitrogens is 1. The molecule has 80 valence electrons. The van der Waals surface area contributed by atoms with Crippen LogP contribution in [-0.2, 0) is 10.0 Å². The summed E-state index contributed by atoms with van der Waals surface area (Å²) in [5, 5.41) is 4.99. The van der Waals surface area contributed by atoms with Crippen molar-refractivity contribution in [1.29, 1.82) is 0 Å². The maximum Gasteiger partial charge on any atom is 0.266 e. The summed E-state index contributed by atoms with van der Waals surface area (Å²) >= 11 is 10.5. The van der Waals surface area contributed by atoms with Gasteiger partial charge in [0.2, 0.25) is 10.0 Å². The van der Waals surface area contributed by atoms with E-state index in [9.17, 15) is 8.42 Å². The number of hydrogen-bond donors (Lipinski definition) is 2. The lowest BCUT2D eigenvalue weighted by Crippen LogP contribution is -2.12. The molecular formula is C7H5ClN2O3S2. The summed E-state index contributed by atoms with van der Waals surface area (Å²) in [7, 11) is -3.86. The first kappa shape index (κ1) is 10.6. The molecule has 5 nitrogen and oxygen atoms in total. The van der Waals surface area contributed by atoms with Gasteiger partial charge in [0.25, 0.3) is 4.84 Å². The lowest BCUT2D eigenvalue weighted by atomic mass is 10.3. The molecule has 0 fully saturated rings. The third kappa shape index (κ3) is 1.91. The maximum atomic E-state index is 11.1. The van der Waals surface area contributed by atoms with Crippen molar-refractivity contribution in [2.24, 2.45) is 5.14 Å². The summed E-state index contributed by atoms with van der Waals surface area (Å²) in [6.07, 6.45) is 0. The van der Waals surface area contributed by atoms with Gasteiger partial charge < -0.3 is 9.40 Å². The molecule has 1 aromatic carbocycles. The van der Waals surface area contributed by atoms with Gasteiger partial charge in [-0.05, 0) is 18.3 Å². The van der Waals surface area contributed by atoms with E-state index in [0.29, 0.717) is 11.1 Å². The fraction of sp³-hybridized carbons (Fsp3) is 0. The summed E-state index contributed by atoms with van der Waals surface area (Å²) in [5.74, 6) is 0. The SMILES string of the molecule is NS(=O)(=O)c1cc2oc(=S)[nH]c2cc1Cl. The molecule has 0 saturated carbocycles. The number of oxazole rings is 1. The molecule has 2 rings (SSSR count). The van der Waals surface area contributed by atoms with E-state index in [0.717, 1.165) is 0 Å². The first-order valence-electron chi connectivity index (χ1n) is 3.73. The second-order valence-corrected chi connectivity index (χ2v) is 5.15. The largest absolute Gasteiger partial charge is 0.429 e. The summed E-state index contributed by atoms with van der Waals surface area (Å²) in [6, 6.07) is 2.63. The van der Waals surface area contributed by atoms with Gasteiger partial charge in [-0.1, -0.05) is 11.6 Å². The lowest BCUT2D eigenvalue weighted by molar-refractivity contribution is 0.580. The van der Waals surface area contributed by atoms with E-state index in [1.807, 2.05) is 0 Å².